The number of carbonyl (C=O) groups is 1. The summed E-state index contributed by atoms with van der Waals surface area (Å²) in [5.74, 6) is 0.0590. The van der Waals surface area contributed by atoms with Gasteiger partial charge in [-0.05, 0) is 20.8 Å². The van der Waals surface area contributed by atoms with Crippen molar-refractivity contribution in [2.45, 2.75) is 39.7 Å². The van der Waals surface area contributed by atoms with Gasteiger partial charge in [-0.25, -0.2) is 0 Å². The number of thiocarbonyl (C=S) groups is 1. The summed E-state index contributed by atoms with van der Waals surface area (Å²) in [7, 11) is 0. The molecule has 2 N–H and O–H groups in total. The molecule has 0 aliphatic heterocycles. The highest BCUT2D eigenvalue weighted by atomic mass is 32.1. The fourth-order valence-corrected chi connectivity index (χ4v) is 1.28. The smallest absolute Gasteiger partial charge is 0.219 e. The largest absolute Gasteiger partial charge is 0.393 e. The zero-order chi connectivity index (χ0) is 10.6. The van der Waals surface area contributed by atoms with Crippen molar-refractivity contribution in [2.75, 3.05) is 6.54 Å². The molecule has 0 aromatic heterocycles. The Morgan fingerprint density at radius 3 is 2.15 bits per heavy atom. The minimum atomic E-state index is -0.156. The van der Waals surface area contributed by atoms with Crippen LogP contribution in [0.5, 0.6) is 0 Å². The third kappa shape index (κ3) is 4.83. The van der Waals surface area contributed by atoms with Crippen molar-refractivity contribution in [1.82, 2.24) is 4.90 Å². The molecule has 0 aromatic carbocycles. The van der Waals surface area contributed by atoms with Gasteiger partial charge in [0.1, 0.15) is 0 Å². The quantitative estimate of drug-likeness (QED) is 0.702. The van der Waals surface area contributed by atoms with Crippen LogP contribution in [-0.4, -0.2) is 27.9 Å². The van der Waals surface area contributed by atoms with Gasteiger partial charge in [0.2, 0.25) is 5.91 Å². The van der Waals surface area contributed by atoms with Gasteiger partial charge in [-0.3, -0.25) is 4.79 Å². The Bertz CT molecular complexity index is 208. The van der Waals surface area contributed by atoms with Gasteiger partial charge < -0.3 is 10.6 Å². The molecule has 0 aliphatic rings. The summed E-state index contributed by atoms with van der Waals surface area (Å²) >= 11 is 4.76. The molecule has 0 unspecified atom stereocenters. The van der Waals surface area contributed by atoms with Gasteiger partial charge in [0.15, 0.2) is 0 Å². The first-order valence-corrected chi connectivity index (χ1v) is 4.72. The summed E-state index contributed by atoms with van der Waals surface area (Å²) in [6.45, 7) is 8.15. The summed E-state index contributed by atoms with van der Waals surface area (Å²) in [5.41, 5.74) is 5.22. The van der Waals surface area contributed by atoms with Gasteiger partial charge in [-0.15, -0.1) is 0 Å². The minimum absolute atomic E-state index is 0.0590. The molecular weight excluding hydrogens is 184 g/mol. The summed E-state index contributed by atoms with van der Waals surface area (Å²) in [5, 5.41) is 0. The van der Waals surface area contributed by atoms with Crippen molar-refractivity contribution in [1.29, 1.82) is 0 Å². The van der Waals surface area contributed by atoms with E-state index in [0.29, 0.717) is 18.0 Å². The Morgan fingerprint density at radius 2 is 1.92 bits per heavy atom. The molecule has 3 nitrogen and oxygen atoms in total. The lowest BCUT2D eigenvalue weighted by molar-refractivity contribution is -0.133. The van der Waals surface area contributed by atoms with Crippen molar-refractivity contribution in [2.24, 2.45) is 5.73 Å². The summed E-state index contributed by atoms with van der Waals surface area (Å²) in [4.78, 5) is 13.5. The van der Waals surface area contributed by atoms with Gasteiger partial charge in [0, 0.05) is 25.4 Å². The van der Waals surface area contributed by atoms with Gasteiger partial charge >= 0.3 is 0 Å². The van der Waals surface area contributed by atoms with Gasteiger partial charge in [-0.1, -0.05) is 12.2 Å². The van der Waals surface area contributed by atoms with Crippen molar-refractivity contribution < 1.29 is 4.79 Å². The minimum Gasteiger partial charge on any atom is -0.393 e. The Morgan fingerprint density at radius 1 is 1.46 bits per heavy atom. The lowest BCUT2D eigenvalue weighted by atomic mass is 10.1. The first-order valence-electron chi connectivity index (χ1n) is 4.31. The monoisotopic (exact) mass is 202 g/mol. The molecule has 0 rings (SSSR count). The number of amides is 1. The predicted octanol–water partition coefficient (Wildman–Crippen LogP) is 1.31. The van der Waals surface area contributed by atoms with E-state index in [4.69, 9.17) is 18.0 Å². The molecule has 0 heterocycles. The molecule has 0 spiro atoms. The van der Waals surface area contributed by atoms with Crippen LogP contribution in [0.2, 0.25) is 0 Å². The van der Waals surface area contributed by atoms with Crippen LogP contribution in [0.25, 0.3) is 0 Å². The van der Waals surface area contributed by atoms with E-state index in [0.717, 1.165) is 0 Å². The first-order chi connectivity index (χ1) is 5.75. The summed E-state index contributed by atoms with van der Waals surface area (Å²) in [6, 6.07) is 0. The number of rotatable bonds is 3. The van der Waals surface area contributed by atoms with Crippen molar-refractivity contribution in [3.05, 3.63) is 0 Å². The lowest BCUT2D eigenvalue weighted by Crippen LogP contribution is -2.45. The molecule has 0 fully saturated rings. The van der Waals surface area contributed by atoms with Gasteiger partial charge in [-0.2, -0.15) is 0 Å². The van der Waals surface area contributed by atoms with Crippen LogP contribution in [0, 0.1) is 0 Å². The Balaban J connectivity index is 4.28. The van der Waals surface area contributed by atoms with Crippen LogP contribution in [0.15, 0.2) is 0 Å². The maximum Gasteiger partial charge on any atom is 0.219 e. The van der Waals surface area contributed by atoms with E-state index in [1.807, 2.05) is 20.8 Å². The second kappa shape index (κ2) is 4.56. The van der Waals surface area contributed by atoms with Crippen LogP contribution in [-0.2, 0) is 4.79 Å². The third-order valence-corrected chi connectivity index (χ3v) is 1.98. The summed E-state index contributed by atoms with van der Waals surface area (Å²) in [6.07, 6.45) is 0.589. The van der Waals surface area contributed by atoms with E-state index in [1.165, 1.54) is 0 Å². The maximum absolute atomic E-state index is 11.2. The van der Waals surface area contributed by atoms with Crippen LogP contribution in [0.3, 0.4) is 0 Å². The van der Waals surface area contributed by atoms with E-state index < -0.39 is 0 Å². The van der Waals surface area contributed by atoms with Gasteiger partial charge in [0.25, 0.3) is 0 Å². The number of carbonyl (C=O) groups excluding carboxylic acids is 1. The molecule has 0 atom stereocenters. The Labute approximate surface area is 85.3 Å². The molecule has 0 aliphatic carbocycles. The van der Waals surface area contributed by atoms with Crippen molar-refractivity contribution in [3.8, 4) is 0 Å². The van der Waals surface area contributed by atoms with Crippen LogP contribution >= 0.6 is 12.2 Å². The topological polar surface area (TPSA) is 46.3 Å². The van der Waals surface area contributed by atoms with E-state index in [-0.39, 0.29) is 11.4 Å². The van der Waals surface area contributed by atoms with Crippen molar-refractivity contribution >= 4 is 23.1 Å². The normalized spacial score (nSPS) is 11.1. The second-order valence-electron chi connectivity index (χ2n) is 4.06. The zero-order valence-corrected chi connectivity index (χ0v) is 9.57. The Kier molecular flexibility index (Phi) is 4.33. The molecule has 1 amide bonds. The SMILES string of the molecule is CC(=O)N(CCC(N)=S)C(C)(C)C. The predicted molar refractivity (Wildman–Crippen MR) is 58.5 cm³/mol. The first kappa shape index (κ1) is 12.4. The maximum atomic E-state index is 11.2. The summed E-state index contributed by atoms with van der Waals surface area (Å²) < 4.78 is 0. The number of nitrogens with two attached hydrogens (primary N) is 1. The van der Waals surface area contributed by atoms with E-state index in [9.17, 15) is 4.79 Å². The number of hydrogen-bond donors (Lipinski definition) is 1. The third-order valence-electron chi connectivity index (χ3n) is 1.77. The fourth-order valence-electron chi connectivity index (χ4n) is 1.19. The highest BCUT2D eigenvalue weighted by molar-refractivity contribution is 7.80. The van der Waals surface area contributed by atoms with E-state index in [1.54, 1.807) is 11.8 Å². The highest BCUT2D eigenvalue weighted by Crippen LogP contribution is 2.13. The zero-order valence-electron chi connectivity index (χ0n) is 8.76. The molecule has 0 saturated carbocycles. The molecule has 13 heavy (non-hydrogen) atoms. The molecular formula is C9H18N2OS. The highest BCUT2D eigenvalue weighted by Gasteiger charge is 2.22. The van der Waals surface area contributed by atoms with Crippen LogP contribution in [0.1, 0.15) is 34.1 Å². The standard InChI is InChI=1S/C9H18N2OS/c1-7(12)11(9(2,3)4)6-5-8(10)13/h5-6H2,1-4H3,(H2,10,13). The molecule has 0 bridgehead atoms. The van der Waals surface area contributed by atoms with Gasteiger partial charge in [0.05, 0.1) is 4.99 Å². The molecule has 76 valence electrons. The van der Waals surface area contributed by atoms with E-state index >= 15 is 0 Å². The fraction of sp³-hybridized carbons (Fsp3) is 0.778. The average Bonchev–Trinajstić information content (AvgIpc) is 1.81. The number of hydrogen-bond acceptors (Lipinski definition) is 2. The molecule has 0 saturated heterocycles. The van der Waals surface area contributed by atoms with Crippen LogP contribution < -0.4 is 5.73 Å². The average molecular weight is 202 g/mol. The van der Waals surface area contributed by atoms with Crippen molar-refractivity contribution in [3.63, 3.8) is 0 Å². The van der Waals surface area contributed by atoms with Crippen LogP contribution in [0.4, 0.5) is 0 Å². The lowest BCUT2D eigenvalue weighted by Gasteiger charge is -2.34. The molecule has 4 heteroatoms. The second-order valence-corrected chi connectivity index (χ2v) is 4.58. The molecule has 0 aromatic rings. The Hall–Kier alpha value is -0.640. The van der Waals surface area contributed by atoms with E-state index in [2.05, 4.69) is 0 Å². The number of nitrogens with zero attached hydrogens (tertiary/aromatic N) is 1. The molecule has 0 radical (unpaired) electrons.